The van der Waals surface area contributed by atoms with Gasteiger partial charge in [-0.25, -0.2) is 12.9 Å². The Kier molecular flexibility index (Phi) is 3.64. The first kappa shape index (κ1) is 15.6. The minimum atomic E-state index is -3.66. The zero-order chi connectivity index (χ0) is 16.9. The Morgan fingerprint density at radius 1 is 1.25 bits per heavy atom. The molecular weight excluding hydrogens is 352 g/mol. The first-order chi connectivity index (χ1) is 11.5. The molecule has 0 spiro atoms. The Morgan fingerprint density at radius 3 is 2.75 bits per heavy atom. The van der Waals surface area contributed by atoms with Gasteiger partial charge in [0.05, 0.1) is 29.0 Å². The van der Waals surface area contributed by atoms with Crippen LogP contribution >= 0.6 is 11.3 Å². The molecule has 10 heteroatoms. The van der Waals surface area contributed by atoms with E-state index < -0.39 is 15.6 Å². The van der Waals surface area contributed by atoms with Crippen molar-refractivity contribution in [3.8, 4) is 0 Å². The summed E-state index contributed by atoms with van der Waals surface area (Å²) < 4.78 is 33.6. The highest BCUT2D eigenvalue weighted by Crippen LogP contribution is 2.22. The fraction of sp³-hybridized carbons (Fsp3) is 0.357. The monoisotopic (exact) mass is 366 g/mol. The Labute approximate surface area is 141 Å². The molecule has 1 aromatic carbocycles. The Bertz CT molecular complexity index is 1100. The van der Waals surface area contributed by atoms with Crippen LogP contribution in [-0.2, 0) is 14.8 Å². The average molecular weight is 366 g/mol. The van der Waals surface area contributed by atoms with E-state index in [0.717, 1.165) is 5.01 Å². The molecule has 0 aliphatic carbocycles. The minimum absolute atomic E-state index is 0.0858. The van der Waals surface area contributed by atoms with Gasteiger partial charge in [0.25, 0.3) is 5.56 Å². The number of rotatable bonds is 2. The first-order valence-electron chi connectivity index (χ1n) is 7.35. The molecule has 3 heterocycles. The first-order valence-corrected chi connectivity index (χ1v) is 9.60. The lowest BCUT2D eigenvalue weighted by Crippen LogP contribution is -2.40. The van der Waals surface area contributed by atoms with E-state index in [2.05, 4.69) is 10.1 Å². The topological polar surface area (TPSA) is 93.9 Å². The number of morpholine rings is 1. The highest BCUT2D eigenvalue weighted by molar-refractivity contribution is 7.89. The predicted molar refractivity (Wildman–Crippen MR) is 89.0 cm³/mol. The van der Waals surface area contributed by atoms with Crippen LogP contribution in [0.25, 0.3) is 15.9 Å². The molecule has 1 saturated heterocycles. The molecule has 1 fully saturated rings. The largest absolute Gasteiger partial charge is 0.379 e. The van der Waals surface area contributed by atoms with Crippen LogP contribution in [0.15, 0.2) is 27.9 Å². The maximum Gasteiger partial charge on any atom is 0.281 e. The summed E-state index contributed by atoms with van der Waals surface area (Å²) in [6, 6.07) is 4.50. The van der Waals surface area contributed by atoms with Crippen LogP contribution in [0.5, 0.6) is 0 Å². The molecule has 8 nitrogen and oxygen atoms in total. The molecule has 0 bridgehead atoms. The summed E-state index contributed by atoms with van der Waals surface area (Å²) in [6.07, 6.45) is 0. The van der Waals surface area contributed by atoms with Gasteiger partial charge in [-0.1, -0.05) is 11.3 Å². The number of sulfonamides is 1. The highest BCUT2D eigenvalue weighted by atomic mass is 32.2. The molecule has 0 amide bonds. The summed E-state index contributed by atoms with van der Waals surface area (Å²) >= 11 is 1.31. The van der Waals surface area contributed by atoms with Crippen LogP contribution in [0.1, 0.15) is 5.01 Å². The minimum Gasteiger partial charge on any atom is -0.379 e. The summed E-state index contributed by atoms with van der Waals surface area (Å²) in [7, 11) is -3.66. The second kappa shape index (κ2) is 5.59. The van der Waals surface area contributed by atoms with E-state index in [4.69, 9.17) is 4.74 Å². The van der Waals surface area contributed by atoms with E-state index in [1.807, 2.05) is 6.92 Å². The maximum absolute atomic E-state index is 12.7. The molecule has 1 aliphatic rings. The molecule has 2 aromatic heterocycles. The number of hydrogen-bond donors (Lipinski definition) is 0. The quantitative estimate of drug-likeness (QED) is 0.660. The lowest BCUT2D eigenvalue weighted by Gasteiger charge is -2.26. The van der Waals surface area contributed by atoms with Gasteiger partial charge in [0, 0.05) is 13.1 Å². The van der Waals surface area contributed by atoms with Crippen molar-refractivity contribution in [3.63, 3.8) is 0 Å². The van der Waals surface area contributed by atoms with Crippen molar-refractivity contribution >= 4 is 37.2 Å². The summed E-state index contributed by atoms with van der Waals surface area (Å²) in [5, 5.41) is 5.34. The number of aryl methyl sites for hydroxylation is 1. The maximum atomic E-state index is 12.7. The molecule has 0 radical (unpaired) electrons. The average Bonchev–Trinajstić information content (AvgIpc) is 2.95. The lowest BCUT2D eigenvalue weighted by molar-refractivity contribution is 0.0730. The molecule has 0 saturated carbocycles. The molecular formula is C14H14N4O4S2. The third-order valence-corrected chi connectivity index (χ3v) is 6.61. The number of ether oxygens (including phenoxy) is 1. The van der Waals surface area contributed by atoms with Crippen molar-refractivity contribution in [1.82, 2.24) is 18.9 Å². The van der Waals surface area contributed by atoms with Gasteiger partial charge < -0.3 is 4.74 Å². The molecule has 3 aromatic rings. The van der Waals surface area contributed by atoms with Crippen molar-refractivity contribution in [2.45, 2.75) is 11.8 Å². The van der Waals surface area contributed by atoms with Crippen molar-refractivity contribution in [2.24, 2.45) is 0 Å². The van der Waals surface area contributed by atoms with E-state index in [9.17, 15) is 13.2 Å². The third-order valence-electron chi connectivity index (χ3n) is 3.89. The molecule has 24 heavy (non-hydrogen) atoms. The standard InChI is InChI=1S/C14H14N4O4S2/c1-9-16-18-12-3-2-10(8-11(12)13(19)15-14(18)23-9)24(20,21)17-4-6-22-7-5-17/h2-3,8H,4-7H2,1H3. The fourth-order valence-corrected chi connectivity index (χ4v) is 4.90. The van der Waals surface area contributed by atoms with E-state index in [1.165, 1.54) is 27.8 Å². The van der Waals surface area contributed by atoms with Crippen molar-refractivity contribution in [1.29, 1.82) is 0 Å². The molecule has 1 aliphatic heterocycles. The van der Waals surface area contributed by atoms with Crippen molar-refractivity contribution in [2.75, 3.05) is 26.3 Å². The van der Waals surface area contributed by atoms with Crippen LogP contribution < -0.4 is 5.56 Å². The molecule has 0 N–H and O–H groups in total. The van der Waals surface area contributed by atoms with Gasteiger partial charge in [-0.05, 0) is 25.1 Å². The van der Waals surface area contributed by atoms with Crippen molar-refractivity contribution < 1.29 is 13.2 Å². The van der Waals surface area contributed by atoms with Crippen LogP contribution in [0.4, 0.5) is 0 Å². The molecule has 126 valence electrons. The zero-order valence-corrected chi connectivity index (χ0v) is 14.4. The predicted octanol–water partition coefficient (Wildman–Crippen LogP) is 0.634. The molecule has 4 rings (SSSR count). The number of hydrogen-bond acceptors (Lipinski definition) is 7. The highest BCUT2D eigenvalue weighted by Gasteiger charge is 2.27. The van der Waals surface area contributed by atoms with Crippen LogP contribution in [-0.4, -0.2) is 53.6 Å². The summed E-state index contributed by atoms with van der Waals surface area (Å²) in [5.74, 6) is 0. The molecule has 0 atom stereocenters. The SMILES string of the molecule is Cc1nn2c(nc(=O)c3cc(S(=O)(=O)N4CCOCC4)ccc32)s1. The number of fused-ring (bicyclic) bond motifs is 3. The van der Waals surface area contributed by atoms with Gasteiger partial charge in [0.15, 0.2) is 0 Å². The Morgan fingerprint density at radius 2 is 2.00 bits per heavy atom. The summed E-state index contributed by atoms with van der Waals surface area (Å²) in [6.45, 7) is 3.18. The third kappa shape index (κ3) is 2.42. The Balaban J connectivity index is 1.91. The van der Waals surface area contributed by atoms with E-state index in [-0.39, 0.29) is 10.3 Å². The van der Waals surface area contributed by atoms with Gasteiger partial charge in [0.1, 0.15) is 5.01 Å². The van der Waals surface area contributed by atoms with Gasteiger partial charge >= 0.3 is 0 Å². The number of nitrogens with zero attached hydrogens (tertiary/aromatic N) is 4. The fourth-order valence-electron chi connectivity index (χ4n) is 2.72. The number of aromatic nitrogens is 3. The van der Waals surface area contributed by atoms with Crippen LogP contribution in [0.2, 0.25) is 0 Å². The van der Waals surface area contributed by atoms with Gasteiger partial charge in [-0.2, -0.15) is 14.4 Å². The van der Waals surface area contributed by atoms with E-state index in [0.29, 0.717) is 36.8 Å². The van der Waals surface area contributed by atoms with Gasteiger partial charge in [-0.15, -0.1) is 0 Å². The van der Waals surface area contributed by atoms with Crippen molar-refractivity contribution in [3.05, 3.63) is 33.6 Å². The second-order valence-corrected chi connectivity index (χ2v) is 8.53. The smallest absolute Gasteiger partial charge is 0.281 e. The van der Waals surface area contributed by atoms with Gasteiger partial charge in [0.2, 0.25) is 15.0 Å². The summed E-state index contributed by atoms with van der Waals surface area (Å²) in [5.41, 5.74) is 0.1000. The van der Waals surface area contributed by atoms with E-state index >= 15 is 0 Å². The van der Waals surface area contributed by atoms with E-state index in [1.54, 1.807) is 10.6 Å². The Hall–Kier alpha value is -1.88. The summed E-state index contributed by atoms with van der Waals surface area (Å²) in [4.78, 5) is 16.9. The number of benzene rings is 1. The molecule has 0 unspecified atom stereocenters. The van der Waals surface area contributed by atoms with Crippen LogP contribution in [0.3, 0.4) is 0 Å². The lowest BCUT2D eigenvalue weighted by atomic mass is 10.2. The zero-order valence-electron chi connectivity index (χ0n) is 12.8. The second-order valence-electron chi connectivity index (χ2n) is 5.43. The van der Waals surface area contributed by atoms with Crippen LogP contribution in [0, 0.1) is 6.92 Å². The normalized spacial score (nSPS) is 16.9. The van der Waals surface area contributed by atoms with Gasteiger partial charge in [-0.3, -0.25) is 4.79 Å².